The number of anilines is 1. The molecule has 120 valence electrons. The molecule has 4 rings (SSSR count). The van der Waals surface area contributed by atoms with E-state index in [0.717, 1.165) is 54.7 Å². The molecular formula is C18H22N4O. The lowest BCUT2D eigenvalue weighted by molar-refractivity contribution is 0.0727. The van der Waals surface area contributed by atoms with Crippen LogP contribution in [0.2, 0.25) is 0 Å². The molecule has 3 N–H and O–H groups in total. The molecule has 1 amide bonds. The number of rotatable bonds is 1. The number of hydrogen-bond acceptors (Lipinski definition) is 3. The highest BCUT2D eigenvalue weighted by Crippen LogP contribution is 2.29. The van der Waals surface area contributed by atoms with Gasteiger partial charge < -0.3 is 10.6 Å². The van der Waals surface area contributed by atoms with Crippen LogP contribution in [-0.4, -0.2) is 27.5 Å². The van der Waals surface area contributed by atoms with Gasteiger partial charge in [-0.05, 0) is 48.8 Å². The molecule has 1 aromatic carbocycles. The Bertz CT molecular complexity index is 764. The minimum atomic E-state index is 0.0329. The summed E-state index contributed by atoms with van der Waals surface area (Å²) in [6.07, 6.45) is 3.96. The number of nitrogens with two attached hydrogens (primary N) is 1. The third-order valence-electron chi connectivity index (χ3n) is 5.19. The predicted molar refractivity (Wildman–Crippen MR) is 89.1 cm³/mol. The Morgan fingerprint density at radius 1 is 1.35 bits per heavy atom. The average molecular weight is 310 g/mol. The van der Waals surface area contributed by atoms with Crippen LogP contribution in [0.15, 0.2) is 18.2 Å². The zero-order chi connectivity index (χ0) is 16.0. The van der Waals surface area contributed by atoms with Gasteiger partial charge in [0.05, 0.1) is 0 Å². The predicted octanol–water partition coefficient (Wildman–Crippen LogP) is 2.32. The number of H-pyrrole nitrogens is 1. The summed E-state index contributed by atoms with van der Waals surface area (Å²) in [6.45, 7) is 3.55. The molecular weight excluding hydrogens is 288 g/mol. The van der Waals surface area contributed by atoms with Gasteiger partial charge in [0.25, 0.3) is 5.91 Å². The summed E-state index contributed by atoms with van der Waals surface area (Å²) in [5.74, 6) is 0.648. The Labute approximate surface area is 135 Å². The maximum absolute atomic E-state index is 13.0. The fraction of sp³-hybridized carbons (Fsp3) is 0.444. The van der Waals surface area contributed by atoms with Gasteiger partial charge in [-0.2, -0.15) is 5.10 Å². The Morgan fingerprint density at radius 3 is 3.09 bits per heavy atom. The number of benzene rings is 1. The van der Waals surface area contributed by atoms with E-state index in [1.54, 1.807) is 0 Å². The highest BCUT2D eigenvalue weighted by Gasteiger charge is 2.29. The molecule has 1 aliphatic carbocycles. The summed E-state index contributed by atoms with van der Waals surface area (Å²) < 4.78 is 0. The van der Waals surface area contributed by atoms with Crippen molar-refractivity contribution in [3.63, 3.8) is 0 Å². The van der Waals surface area contributed by atoms with Crippen molar-refractivity contribution < 1.29 is 4.79 Å². The molecule has 5 nitrogen and oxygen atoms in total. The largest absolute Gasteiger partial charge is 0.398 e. The lowest BCUT2D eigenvalue weighted by atomic mass is 9.87. The first kappa shape index (κ1) is 14.3. The number of amides is 1. The van der Waals surface area contributed by atoms with Gasteiger partial charge in [0.1, 0.15) is 0 Å². The summed E-state index contributed by atoms with van der Waals surface area (Å²) >= 11 is 0. The van der Waals surface area contributed by atoms with E-state index in [4.69, 9.17) is 5.73 Å². The second-order valence-electron chi connectivity index (χ2n) is 6.84. The number of carbonyl (C=O) groups excluding carboxylic acids is 1. The number of carbonyl (C=O) groups is 1. The van der Waals surface area contributed by atoms with Crippen molar-refractivity contribution in [1.82, 2.24) is 15.1 Å². The van der Waals surface area contributed by atoms with Crippen LogP contribution in [-0.2, 0) is 25.8 Å². The average Bonchev–Trinajstić information content (AvgIpc) is 2.97. The molecule has 1 aliphatic heterocycles. The Hall–Kier alpha value is -2.30. The first-order valence-electron chi connectivity index (χ1n) is 8.35. The molecule has 0 saturated heterocycles. The number of nitrogen functional groups attached to an aromatic ring is 1. The van der Waals surface area contributed by atoms with E-state index in [0.29, 0.717) is 18.2 Å². The smallest absolute Gasteiger partial charge is 0.274 e. The highest BCUT2D eigenvalue weighted by molar-refractivity contribution is 5.94. The maximum Gasteiger partial charge on any atom is 0.274 e. The van der Waals surface area contributed by atoms with Crippen LogP contribution >= 0.6 is 0 Å². The van der Waals surface area contributed by atoms with E-state index in [2.05, 4.69) is 23.2 Å². The van der Waals surface area contributed by atoms with E-state index in [9.17, 15) is 4.79 Å². The zero-order valence-electron chi connectivity index (χ0n) is 13.4. The Balaban J connectivity index is 1.62. The first-order valence-corrected chi connectivity index (χ1v) is 8.35. The summed E-state index contributed by atoms with van der Waals surface area (Å²) in [5, 5.41) is 7.41. The van der Waals surface area contributed by atoms with Gasteiger partial charge in [-0.25, -0.2) is 0 Å². The van der Waals surface area contributed by atoms with Crippen molar-refractivity contribution in [3.8, 4) is 0 Å². The van der Waals surface area contributed by atoms with Gasteiger partial charge >= 0.3 is 0 Å². The van der Waals surface area contributed by atoms with Crippen LogP contribution in [0.5, 0.6) is 0 Å². The summed E-state index contributed by atoms with van der Waals surface area (Å²) in [4.78, 5) is 14.8. The van der Waals surface area contributed by atoms with Crippen molar-refractivity contribution in [2.45, 2.75) is 39.2 Å². The molecule has 2 heterocycles. The maximum atomic E-state index is 13.0. The van der Waals surface area contributed by atoms with E-state index in [-0.39, 0.29) is 5.91 Å². The second kappa shape index (κ2) is 5.41. The molecule has 1 aromatic heterocycles. The number of hydrogen-bond donors (Lipinski definition) is 2. The SMILES string of the molecule is CC1CCc2[nH]nc(C(=O)N3CCc4cccc(N)c4C3)c2C1. The lowest BCUT2D eigenvalue weighted by Gasteiger charge is -2.29. The number of fused-ring (bicyclic) bond motifs is 2. The molecule has 2 aromatic rings. The molecule has 2 aliphatic rings. The number of nitrogens with one attached hydrogen (secondary N) is 1. The molecule has 0 fully saturated rings. The van der Waals surface area contributed by atoms with Crippen LogP contribution in [0.4, 0.5) is 5.69 Å². The van der Waals surface area contributed by atoms with Gasteiger partial charge in [-0.3, -0.25) is 9.89 Å². The Morgan fingerprint density at radius 2 is 2.22 bits per heavy atom. The third-order valence-corrected chi connectivity index (χ3v) is 5.19. The molecule has 0 saturated carbocycles. The quantitative estimate of drug-likeness (QED) is 0.794. The van der Waals surface area contributed by atoms with E-state index >= 15 is 0 Å². The van der Waals surface area contributed by atoms with Crippen LogP contribution in [0.25, 0.3) is 0 Å². The van der Waals surface area contributed by atoms with Crippen LogP contribution in [0.1, 0.15) is 46.2 Å². The Kier molecular flexibility index (Phi) is 3.36. The molecule has 1 unspecified atom stereocenters. The van der Waals surface area contributed by atoms with Crippen molar-refractivity contribution in [2.75, 3.05) is 12.3 Å². The first-order chi connectivity index (χ1) is 11.1. The van der Waals surface area contributed by atoms with Crippen LogP contribution < -0.4 is 5.73 Å². The van der Waals surface area contributed by atoms with Crippen LogP contribution in [0, 0.1) is 5.92 Å². The third kappa shape index (κ3) is 2.40. The normalized spacial score (nSPS) is 20.0. The fourth-order valence-electron chi connectivity index (χ4n) is 3.78. The number of nitrogens with zero attached hydrogens (tertiary/aromatic N) is 2. The molecule has 5 heteroatoms. The molecule has 0 bridgehead atoms. The minimum absolute atomic E-state index is 0.0329. The number of aryl methyl sites for hydroxylation is 1. The minimum Gasteiger partial charge on any atom is -0.398 e. The van der Waals surface area contributed by atoms with E-state index in [1.807, 2.05) is 17.0 Å². The summed E-state index contributed by atoms with van der Waals surface area (Å²) in [7, 11) is 0. The van der Waals surface area contributed by atoms with Gasteiger partial charge in [0.2, 0.25) is 0 Å². The monoisotopic (exact) mass is 310 g/mol. The highest BCUT2D eigenvalue weighted by atomic mass is 16.2. The number of aromatic amines is 1. The van der Waals surface area contributed by atoms with Gasteiger partial charge in [-0.1, -0.05) is 19.1 Å². The summed E-state index contributed by atoms with van der Waals surface area (Å²) in [6, 6.07) is 5.99. The summed E-state index contributed by atoms with van der Waals surface area (Å²) in [5.41, 5.74) is 12.1. The molecule has 0 spiro atoms. The number of aromatic nitrogens is 2. The second-order valence-corrected chi connectivity index (χ2v) is 6.84. The van der Waals surface area contributed by atoms with Crippen molar-refractivity contribution in [1.29, 1.82) is 0 Å². The van der Waals surface area contributed by atoms with Crippen molar-refractivity contribution in [3.05, 3.63) is 46.3 Å². The zero-order valence-corrected chi connectivity index (χ0v) is 13.4. The molecule has 23 heavy (non-hydrogen) atoms. The van der Waals surface area contributed by atoms with Crippen molar-refractivity contribution >= 4 is 11.6 Å². The van der Waals surface area contributed by atoms with Gasteiger partial charge in [0.15, 0.2) is 5.69 Å². The van der Waals surface area contributed by atoms with Crippen molar-refractivity contribution in [2.24, 2.45) is 5.92 Å². The topological polar surface area (TPSA) is 75.0 Å². The van der Waals surface area contributed by atoms with E-state index < -0.39 is 0 Å². The standard InChI is InChI=1S/C18H22N4O/c1-11-5-6-16-13(9-11)17(21-20-16)18(23)22-8-7-12-3-2-4-15(19)14(12)10-22/h2-4,11H,5-10,19H2,1H3,(H,20,21). The fourth-order valence-corrected chi connectivity index (χ4v) is 3.78. The van der Waals surface area contributed by atoms with Crippen LogP contribution in [0.3, 0.4) is 0 Å². The lowest BCUT2D eigenvalue weighted by Crippen LogP contribution is -2.37. The van der Waals surface area contributed by atoms with E-state index in [1.165, 1.54) is 5.56 Å². The van der Waals surface area contributed by atoms with Gasteiger partial charge in [0, 0.05) is 30.0 Å². The molecule has 1 atom stereocenters. The molecule has 0 radical (unpaired) electrons. The van der Waals surface area contributed by atoms with Gasteiger partial charge in [-0.15, -0.1) is 0 Å².